The number of hydrogen-bond donors (Lipinski definition) is 2. The van der Waals surface area contributed by atoms with Crippen molar-refractivity contribution in [2.75, 3.05) is 40.5 Å². The summed E-state index contributed by atoms with van der Waals surface area (Å²) in [6.07, 6.45) is 4.08. The fraction of sp³-hybridized carbons (Fsp3) is 0.438. The van der Waals surface area contributed by atoms with Crippen LogP contribution in [0.4, 0.5) is 18.4 Å². The van der Waals surface area contributed by atoms with Crippen molar-refractivity contribution in [3.8, 4) is 6.07 Å². The summed E-state index contributed by atoms with van der Waals surface area (Å²) in [7, 11) is 2.50. The topological polar surface area (TPSA) is 124 Å². The highest BCUT2D eigenvalue weighted by molar-refractivity contribution is 6.01. The van der Waals surface area contributed by atoms with Crippen molar-refractivity contribution >= 4 is 30.4 Å². The normalized spacial score (nSPS) is 22.1. The average molecular weight is 644 g/mol. The molecule has 3 aliphatic rings. The van der Waals surface area contributed by atoms with E-state index >= 15 is 0 Å². The number of likely N-dealkylation sites (tertiary alicyclic amines) is 1. The van der Waals surface area contributed by atoms with Crippen LogP contribution in [0.1, 0.15) is 54.3 Å². The molecule has 2 N–H and O–H groups in total. The van der Waals surface area contributed by atoms with Crippen LogP contribution in [-0.2, 0) is 14.3 Å². The van der Waals surface area contributed by atoms with E-state index in [0.717, 1.165) is 74.0 Å². The smallest absolute Gasteiger partial charge is 0.338 e. The van der Waals surface area contributed by atoms with E-state index in [-0.39, 0.29) is 48.3 Å². The Bertz CT molecular complexity index is 1500. The van der Waals surface area contributed by atoms with Crippen molar-refractivity contribution in [1.29, 1.82) is 5.26 Å². The molecule has 2 aromatic rings. The van der Waals surface area contributed by atoms with Gasteiger partial charge in [-0.3, -0.25) is 4.90 Å². The maximum Gasteiger partial charge on any atom is 0.338 e. The van der Waals surface area contributed by atoms with Gasteiger partial charge in [0.25, 0.3) is 0 Å². The number of halogens is 3. The molecule has 0 unspecified atom stereocenters. The van der Waals surface area contributed by atoms with E-state index in [1.807, 2.05) is 24.3 Å². The molecule has 45 heavy (non-hydrogen) atoms. The minimum atomic E-state index is -1.38. The number of nitriles is 1. The van der Waals surface area contributed by atoms with Crippen LogP contribution in [0.2, 0.25) is 0 Å². The number of nitrogens with zero attached hydrogens (tertiary/aromatic N) is 3. The van der Waals surface area contributed by atoms with Crippen LogP contribution in [0, 0.1) is 28.9 Å². The Morgan fingerprint density at radius 2 is 1.78 bits per heavy atom. The molecule has 1 saturated carbocycles. The summed E-state index contributed by atoms with van der Waals surface area (Å²) in [6, 6.07) is 10.5. The number of methoxy groups -OCH3 is 2. The van der Waals surface area contributed by atoms with E-state index in [1.54, 1.807) is 0 Å². The van der Waals surface area contributed by atoms with Crippen LogP contribution >= 0.6 is 12.4 Å². The SMILES string of the molecule is COCC1=C(C(=O)OC)[C@H](c2ccc(F)c(F)c2)N(C(=O)NCC2CN([C@H]3CC[C@H](c4ccccc4C#N)CC3)C2)C(=O)N1.Cl. The molecule has 5 rings (SSSR count). The van der Waals surface area contributed by atoms with Gasteiger partial charge in [0.2, 0.25) is 0 Å². The summed E-state index contributed by atoms with van der Waals surface area (Å²) in [5.74, 6) is -2.62. The van der Waals surface area contributed by atoms with E-state index in [9.17, 15) is 28.4 Å². The molecular weight excluding hydrogens is 608 g/mol. The quantitative estimate of drug-likeness (QED) is 0.398. The number of hydrogen-bond acceptors (Lipinski definition) is 7. The number of amides is 4. The van der Waals surface area contributed by atoms with Crippen molar-refractivity contribution in [2.24, 2.45) is 5.92 Å². The first-order valence-electron chi connectivity index (χ1n) is 14.6. The van der Waals surface area contributed by atoms with Gasteiger partial charge in [-0.2, -0.15) is 5.26 Å². The van der Waals surface area contributed by atoms with Gasteiger partial charge in [-0.1, -0.05) is 24.3 Å². The van der Waals surface area contributed by atoms with Crippen molar-refractivity contribution in [3.05, 3.63) is 82.1 Å². The fourth-order valence-corrected chi connectivity index (χ4v) is 6.54. The van der Waals surface area contributed by atoms with Gasteiger partial charge in [-0.25, -0.2) is 28.1 Å². The first kappa shape index (κ1) is 33.8. The zero-order valence-electron chi connectivity index (χ0n) is 25.1. The van der Waals surface area contributed by atoms with Crippen LogP contribution in [0.15, 0.2) is 53.7 Å². The second kappa shape index (κ2) is 14.8. The molecule has 0 radical (unpaired) electrons. The standard InChI is InChI=1S/C32H35F2N5O5.ClH/c1-43-18-27-28(30(40)44-2)29(21-9-12-25(33)26(34)13-21)39(32(42)37-27)31(41)36-15-19-16-38(17-19)23-10-7-20(8-11-23)24-6-4-3-5-22(24)14-35;/h3-6,9,12-13,19-20,23,29H,7-8,10-11,15-18H2,1-2H3,(H,36,41)(H,37,42);1H/t20-,23-,29-;/m0./s1. The van der Waals surface area contributed by atoms with E-state index < -0.39 is 35.7 Å². The lowest BCUT2D eigenvalue weighted by molar-refractivity contribution is -0.137. The predicted octanol–water partition coefficient (Wildman–Crippen LogP) is 4.77. The number of imide groups is 1. The maximum atomic E-state index is 14.3. The van der Waals surface area contributed by atoms with Crippen LogP contribution < -0.4 is 10.6 Å². The lowest BCUT2D eigenvalue weighted by Gasteiger charge is -2.47. The van der Waals surface area contributed by atoms with Crippen LogP contribution in [0.3, 0.4) is 0 Å². The third-order valence-corrected chi connectivity index (χ3v) is 8.77. The largest absolute Gasteiger partial charge is 0.466 e. The molecule has 1 saturated heterocycles. The molecular formula is C32H36ClF2N5O5. The lowest BCUT2D eigenvalue weighted by atomic mass is 9.78. The van der Waals surface area contributed by atoms with Gasteiger partial charge in [0, 0.05) is 38.7 Å². The minimum absolute atomic E-state index is 0. The van der Waals surface area contributed by atoms with Gasteiger partial charge >= 0.3 is 18.0 Å². The number of benzene rings is 2. The Hall–Kier alpha value is -4.05. The van der Waals surface area contributed by atoms with Crippen molar-refractivity contribution in [1.82, 2.24) is 20.4 Å². The third-order valence-electron chi connectivity index (χ3n) is 8.77. The molecule has 0 bridgehead atoms. The number of carbonyl (C=O) groups excluding carboxylic acids is 3. The van der Waals surface area contributed by atoms with Crippen molar-refractivity contribution in [3.63, 3.8) is 0 Å². The molecule has 10 nitrogen and oxygen atoms in total. The maximum absolute atomic E-state index is 14.3. The molecule has 1 aliphatic carbocycles. The second-order valence-corrected chi connectivity index (χ2v) is 11.4. The summed E-state index contributed by atoms with van der Waals surface area (Å²) in [4.78, 5) is 42.7. The summed E-state index contributed by atoms with van der Waals surface area (Å²) in [5, 5.41) is 14.8. The van der Waals surface area contributed by atoms with Crippen LogP contribution in [-0.4, -0.2) is 74.3 Å². The Kier molecular flexibility index (Phi) is 11.1. The predicted molar refractivity (Wildman–Crippen MR) is 162 cm³/mol. The number of carbonyl (C=O) groups is 3. The monoisotopic (exact) mass is 643 g/mol. The molecule has 2 aromatic carbocycles. The van der Waals surface area contributed by atoms with Crippen molar-refractivity contribution < 1.29 is 32.6 Å². The zero-order chi connectivity index (χ0) is 31.4. The molecule has 2 aliphatic heterocycles. The molecule has 2 heterocycles. The Morgan fingerprint density at radius 3 is 2.42 bits per heavy atom. The first-order chi connectivity index (χ1) is 21.2. The van der Waals surface area contributed by atoms with Gasteiger partial charge in [0.1, 0.15) is 6.04 Å². The van der Waals surface area contributed by atoms with E-state index in [2.05, 4.69) is 21.6 Å². The highest BCUT2D eigenvalue weighted by Gasteiger charge is 2.44. The molecule has 0 aromatic heterocycles. The number of esters is 1. The molecule has 4 amide bonds. The van der Waals surface area contributed by atoms with Gasteiger partial charge in [0.15, 0.2) is 11.6 Å². The Morgan fingerprint density at radius 1 is 1.07 bits per heavy atom. The molecule has 13 heteroatoms. The van der Waals surface area contributed by atoms with E-state index in [4.69, 9.17) is 9.47 Å². The first-order valence-corrected chi connectivity index (χ1v) is 14.6. The lowest BCUT2D eigenvalue weighted by Crippen LogP contribution is -2.59. The summed E-state index contributed by atoms with van der Waals surface area (Å²) >= 11 is 0. The summed E-state index contributed by atoms with van der Waals surface area (Å²) in [5.41, 5.74) is 1.82. The van der Waals surface area contributed by atoms with E-state index in [0.29, 0.717) is 12.0 Å². The van der Waals surface area contributed by atoms with Crippen molar-refractivity contribution in [2.45, 2.75) is 43.7 Å². The minimum Gasteiger partial charge on any atom is -0.466 e. The summed E-state index contributed by atoms with van der Waals surface area (Å²) in [6.45, 7) is 1.68. The Labute approximate surface area is 266 Å². The van der Waals surface area contributed by atoms with E-state index in [1.165, 1.54) is 13.2 Å². The highest BCUT2D eigenvalue weighted by atomic mass is 35.5. The van der Waals surface area contributed by atoms with Gasteiger partial charge < -0.3 is 20.1 Å². The third kappa shape index (κ3) is 7.11. The van der Waals surface area contributed by atoms with Crippen LogP contribution in [0.25, 0.3) is 0 Å². The second-order valence-electron chi connectivity index (χ2n) is 11.4. The summed E-state index contributed by atoms with van der Waals surface area (Å²) < 4.78 is 38.1. The number of ether oxygens (including phenoxy) is 2. The number of nitrogens with one attached hydrogen (secondary N) is 2. The average Bonchev–Trinajstić information content (AvgIpc) is 3.01. The molecule has 0 spiro atoms. The van der Waals surface area contributed by atoms with Gasteiger partial charge in [0.05, 0.1) is 36.6 Å². The fourth-order valence-electron chi connectivity index (χ4n) is 6.54. The zero-order valence-corrected chi connectivity index (χ0v) is 25.9. The Balaban J connectivity index is 0.00000461. The molecule has 240 valence electrons. The number of rotatable bonds is 8. The number of urea groups is 2. The molecule has 2 fully saturated rings. The highest BCUT2D eigenvalue weighted by Crippen LogP contribution is 2.38. The van der Waals surface area contributed by atoms with Gasteiger partial charge in [-0.05, 0) is 60.9 Å². The van der Waals surface area contributed by atoms with Gasteiger partial charge in [-0.15, -0.1) is 12.4 Å². The van der Waals surface area contributed by atoms with Crippen LogP contribution in [0.5, 0.6) is 0 Å². The molecule has 1 atom stereocenters.